The standard InChI is InChI=1S/C12H22O5/c1-3-5-15-12(4-2,11-10(6-13)17-11)16-8-9-7-14-9/h9-11,13H,3-8H2,1-2H3. The van der Waals surface area contributed by atoms with E-state index in [1.165, 1.54) is 0 Å². The summed E-state index contributed by atoms with van der Waals surface area (Å²) in [6.07, 6.45) is 1.55. The van der Waals surface area contributed by atoms with Crippen LogP contribution in [-0.2, 0) is 18.9 Å². The molecule has 17 heavy (non-hydrogen) atoms. The Kier molecular flexibility index (Phi) is 4.38. The van der Waals surface area contributed by atoms with Gasteiger partial charge in [0.05, 0.1) is 19.8 Å². The van der Waals surface area contributed by atoms with E-state index in [9.17, 15) is 0 Å². The van der Waals surface area contributed by atoms with Crippen molar-refractivity contribution in [3.05, 3.63) is 0 Å². The second kappa shape index (κ2) is 5.63. The Morgan fingerprint density at radius 2 is 2.12 bits per heavy atom. The highest BCUT2D eigenvalue weighted by Crippen LogP contribution is 2.39. The van der Waals surface area contributed by atoms with Crippen molar-refractivity contribution in [2.24, 2.45) is 0 Å². The third-order valence-electron chi connectivity index (χ3n) is 3.16. The zero-order valence-corrected chi connectivity index (χ0v) is 10.6. The number of hydrogen-bond acceptors (Lipinski definition) is 5. The van der Waals surface area contributed by atoms with E-state index in [2.05, 4.69) is 6.92 Å². The minimum absolute atomic E-state index is 0.0190. The van der Waals surface area contributed by atoms with Gasteiger partial charge in [-0.05, 0) is 6.42 Å². The normalized spacial score (nSPS) is 34.4. The number of hydrogen-bond donors (Lipinski definition) is 1. The van der Waals surface area contributed by atoms with Crippen LogP contribution in [0.25, 0.3) is 0 Å². The monoisotopic (exact) mass is 246 g/mol. The lowest BCUT2D eigenvalue weighted by Crippen LogP contribution is -2.43. The van der Waals surface area contributed by atoms with Gasteiger partial charge in [0.15, 0.2) is 5.79 Å². The lowest BCUT2D eigenvalue weighted by Gasteiger charge is -2.31. The number of epoxide rings is 2. The maximum absolute atomic E-state index is 9.09. The van der Waals surface area contributed by atoms with Crippen LogP contribution in [-0.4, -0.2) is 55.6 Å². The summed E-state index contributed by atoms with van der Waals surface area (Å²) in [5.41, 5.74) is 0. The van der Waals surface area contributed by atoms with Crippen molar-refractivity contribution in [3.8, 4) is 0 Å². The summed E-state index contributed by atoms with van der Waals surface area (Å²) in [5.74, 6) is -0.713. The molecule has 0 aromatic rings. The average molecular weight is 246 g/mol. The van der Waals surface area contributed by atoms with Crippen LogP contribution in [0, 0.1) is 0 Å². The van der Waals surface area contributed by atoms with Crippen LogP contribution in [0.4, 0.5) is 0 Å². The van der Waals surface area contributed by atoms with Gasteiger partial charge < -0.3 is 24.1 Å². The zero-order valence-electron chi connectivity index (χ0n) is 10.6. The van der Waals surface area contributed by atoms with Crippen LogP contribution in [0.2, 0.25) is 0 Å². The minimum atomic E-state index is -0.713. The Bertz CT molecular complexity index is 243. The Morgan fingerprint density at radius 3 is 2.59 bits per heavy atom. The second-order valence-electron chi connectivity index (χ2n) is 4.56. The molecule has 0 amide bonds. The number of ether oxygens (including phenoxy) is 4. The largest absolute Gasteiger partial charge is 0.394 e. The van der Waals surface area contributed by atoms with Crippen molar-refractivity contribution < 1.29 is 24.1 Å². The molecule has 0 saturated carbocycles. The lowest BCUT2D eigenvalue weighted by molar-refractivity contribution is -0.251. The number of rotatable bonds is 9. The molecule has 1 N–H and O–H groups in total. The molecule has 2 rings (SSSR count). The summed E-state index contributed by atoms with van der Waals surface area (Å²) in [4.78, 5) is 0. The summed E-state index contributed by atoms with van der Waals surface area (Å²) in [6, 6.07) is 0. The first-order valence-electron chi connectivity index (χ1n) is 6.41. The molecule has 0 spiro atoms. The highest BCUT2D eigenvalue weighted by atomic mass is 16.7. The van der Waals surface area contributed by atoms with Crippen molar-refractivity contribution in [1.82, 2.24) is 0 Å². The van der Waals surface area contributed by atoms with Gasteiger partial charge in [0.2, 0.25) is 0 Å². The quantitative estimate of drug-likeness (QED) is 0.479. The van der Waals surface area contributed by atoms with Gasteiger partial charge in [0.25, 0.3) is 0 Å². The molecule has 2 aliphatic rings. The molecule has 0 radical (unpaired) electrons. The molecular weight excluding hydrogens is 224 g/mol. The predicted molar refractivity (Wildman–Crippen MR) is 60.7 cm³/mol. The summed E-state index contributed by atoms with van der Waals surface area (Å²) in [7, 11) is 0. The van der Waals surface area contributed by atoms with E-state index in [0.717, 1.165) is 13.0 Å². The third kappa shape index (κ3) is 3.17. The molecule has 0 bridgehead atoms. The van der Waals surface area contributed by atoms with Gasteiger partial charge in [-0.1, -0.05) is 13.8 Å². The van der Waals surface area contributed by atoms with Crippen LogP contribution in [0.5, 0.6) is 0 Å². The van der Waals surface area contributed by atoms with Crippen LogP contribution in [0.1, 0.15) is 26.7 Å². The molecule has 0 aromatic heterocycles. The van der Waals surface area contributed by atoms with Crippen LogP contribution in [0.15, 0.2) is 0 Å². The van der Waals surface area contributed by atoms with E-state index in [-0.39, 0.29) is 24.9 Å². The molecule has 2 fully saturated rings. The summed E-state index contributed by atoms with van der Waals surface area (Å²) < 4.78 is 22.3. The first-order chi connectivity index (χ1) is 8.25. The first-order valence-corrected chi connectivity index (χ1v) is 6.41. The van der Waals surface area contributed by atoms with Gasteiger partial charge in [0.1, 0.15) is 18.3 Å². The Morgan fingerprint density at radius 1 is 1.35 bits per heavy atom. The van der Waals surface area contributed by atoms with Gasteiger partial charge in [-0.15, -0.1) is 0 Å². The molecule has 100 valence electrons. The fourth-order valence-corrected chi connectivity index (χ4v) is 1.95. The smallest absolute Gasteiger partial charge is 0.197 e. The Labute approximate surface area is 102 Å². The van der Waals surface area contributed by atoms with E-state index in [1.54, 1.807) is 0 Å². The summed E-state index contributed by atoms with van der Waals surface area (Å²) >= 11 is 0. The van der Waals surface area contributed by atoms with E-state index < -0.39 is 5.79 Å². The van der Waals surface area contributed by atoms with Gasteiger partial charge >= 0.3 is 0 Å². The molecule has 2 heterocycles. The number of aliphatic hydroxyl groups excluding tert-OH is 1. The summed E-state index contributed by atoms with van der Waals surface area (Å²) in [5, 5.41) is 9.09. The topological polar surface area (TPSA) is 63.8 Å². The third-order valence-corrected chi connectivity index (χ3v) is 3.16. The molecular formula is C12H22O5. The van der Waals surface area contributed by atoms with Crippen molar-refractivity contribution in [1.29, 1.82) is 0 Å². The maximum Gasteiger partial charge on any atom is 0.197 e. The molecule has 4 unspecified atom stereocenters. The SMILES string of the molecule is CCCOC(CC)(OCC1CO1)C1OC1CO. The Hall–Kier alpha value is -0.200. The highest BCUT2D eigenvalue weighted by molar-refractivity contribution is 4.97. The van der Waals surface area contributed by atoms with E-state index in [0.29, 0.717) is 19.6 Å². The van der Waals surface area contributed by atoms with Gasteiger partial charge in [0, 0.05) is 13.0 Å². The lowest BCUT2D eigenvalue weighted by atomic mass is 10.1. The molecule has 0 aliphatic carbocycles. The van der Waals surface area contributed by atoms with Gasteiger partial charge in [-0.25, -0.2) is 0 Å². The zero-order chi connectivity index (χ0) is 12.3. The minimum Gasteiger partial charge on any atom is -0.394 e. The van der Waals surface area contributed by atoms with Gasteiger partial charge in [-0.3, -0.25) is 0 Å². The van der Waals surface area contributed by atoms with Crippen molar-refractivity contribution >= 4 is 0 Å². The summed E-state index contributed by atoms with van der Waals surface area (Å²) in [6.45, 7) is 6.03. The highest BCUT2D eigenvalue weighted by Gasteiger charge is 2.56. The van der Waals surface area contributed by atoms with E-state index in [1.807, 2.05) is 6.92 Å². The first kappa shape index (κ1) is 13.2. The van der Waals surface area contributed by atoms with Crippen molar-refractivity contribution in [3.63, 3.8) is 0 Å². The van der Waals surface area contributed by atoms with E-state index in [4.69, 9.17) is 24.1 Å². The van der Waals surface area contributed by atoms with Crippen molar-refractivity contribution in [2.75, 3.05) is 26.4 Å². The molecule has 4 atom stereocenters. The molecule has 2 saturated heterocycles. The molecule has 0 aromatic carbocycles. The second-order valence-corrected chi connectivity index (χ2v) is 4.56. The fourth-order valence-electron chi connectivity index (χ4n) is 1.95. The van der Waals surface area contributed by atoms with E-state index >= 15 is 0 Å². The molecule has 5 heteroatoms. The predicted octanol–water partition coefficient (Wildman–Crippen LogP) is 0.694. The van der Waals surface area contributed by atoms with Crippen LogP contribution < -0.4 is 0 Å². The molecule has 5 nitrogen and oxygen atoms in total. The number of aliphatic hydroxyl groups is 1. The van der Waals surface area contributed by atoms with Gasteiger partial charge in [-0.2, -0.15) is 0 Å². The molecule has 2 aliphatic heterocycles. The average Bonchev–Trinajstić information content (AvgIpc) is 3.23. The maximum atomic E-state index is 9.09. The van der Waals surface area contributed by atoms with Crippen LogP contribution in [0.3, 0.4) is 0 Å². The Balaban J connectivity index is 1.91. The van der Waals surface area contributed by atoms with Crippen LogP contribution >= 0.6 is 0 Å². The van der Waals surface area contributed by atoms with Crippen molar-refractivity contribution in [2.45, 2.75) is 50.8 Å². The fraction of sp³-hybridized carbons (Fsp3) is 1.00.